The SMILES string of the molecule is C[C@H](N)CCC(=O)NCCOCCOCC(=O)NCCOCCOCC(C(=O)O)C(=O)O. The molecule has 186 valence electrons. The summed E-state index contributed by atoms with van der Waals surface area (Å²) in [6.45, 7) is 3.12. The second-order valence-corrected chi connectivity index (χ2v) is 6.80. The normalized spacial score (nSPS) is 11.8. The maximum absolute atomic E-state index is 11.6. The zero-order chi connectivity index (χ0) is 24.2. The molecule has 0 aromatic heterocycles. The van der Waals surface area contributed by atoms with E-state index in [1.807, 2.05) is 6.92 Å². The maximum atomic E-state index is 11.6. The van der Waals surface area contributed by atoms with Crippen molar-refractivity contribution >= 4 is 23.8 Å². The van der Waals surface area contributed by atoms with Crippen molar-refractivity contribution in [2.24, 2.45) is 11.7 Å². The Morgan fingerprint density at radius 2 is 1.28 bits per heavy atom. The van der Waals surface area contributed by atoms with Gasteiger partial charge in [-0.05, 0) is 13.3 Å². The second kappa shape index (κ2) is 19.4. The van der Waals surface area contributed by atoms with Crippen LogP contribution in [0.25, 0.3) is 0 Å². The molecule has 0 aliphatic rings. The Kier molecular flexibility index (Phi) is 18.0. The van der Waals surface area contributed by atoms with E-state index in [-0.39, 0.29) is 64.0 Å². The molecule has 32 heavy (non-hydrogen) atoms. The van der Waals surface area contributed by atoms with Crippen molar-refractivity contribution in [3.8, 4) is 0 Å². The highest BCUT2D eigenvalue weighted by Gasteiger charge is 2.25. The number of hydrogen-bond acceptors (Lipinski definition) is 9. The number of amides is 2. The highest BCUT2D eigenvalue weighted by Crippen LogP contribution is 1.98. The molecule has 6 N–H and O–H groups in total. The largest absolute Gasteiger partial charge is 0.481 e. The molecule has 0 saturated heterocycles. The fourth-order valence-electron chi connectivity index (χ4n) is 2.08. The zero-order valence-corrected chi connectivity index (χ0v) is 18.4. The van der Waals surface area contributed by atoms with Crippen LogP contribution in [0.3, 0.4) is 0 Å². The molecule has 0 heterocycles. The molecule has 0 fully saturated rings. The van der Waals surface area contributed by atoms with Crippen LogP contribution in [-0.2, 0) is 38.1 Å². The molecule has 0 rings (SSSR count). The molecular weight excluding hydrogens is 430 g/mol. The molecule has 1 atom stereocenters. The summed E-state index contributed by atoms with van der Waals surface area (Å²) >= 11 is 0. The van der Waals surface area contributed by atoms with Crippen LogP contribution in [-0.4, -0.2) is 106 Å². The Bertz CT molecular complexity index is 545. The molecule has 0 aliphatic carbocycles. The van der Waals surface area contributed by atoms with Crippen LogP contribution in [0.5, 0.6) is 0 Å². The third-order valence-electron chi connectivity index (χ3n) is 3.82. The van der Waals surface area contributed by atoms with Gasteiger partial charge in [0, 0.05) is 25.6 Å². The molecule has 13 heteroatoms. The molecule has 0 aromatic rings. The third kappa shape index (κ3) is 18.4. The van der Waals surface area contributed by atoms with Crippen LogP contribution in [0.4, 0.5) is 0 Å². The highest BCUT2D eigenvalue weighted by molar-refractivity contribution is 5.93. The summed E-state index contributed by atoms with van der Waals surface area (Å²) in [4.78, 5) is 44.3. The molecule has 0 aromatic carbocycles. The van der Waals surface area contributed by atoms with Gasteiger partial charge in [0.2, 0.25) is 11.8 Å². The Balaban J connectivity index is 3.43. The number of rotatable bonds is 21. The number of nitrogens with two attached hydrogens (primary N) is 1. The molecule has 0 aliphatic heterocycles. The van der Waals surface area contributed by atoms with Gasteiger partial charge in [-0.1, -0.05) is 0 Å². The summed E-state index contributed by atoms with van der Waals surface area (Å²) in [7, 11) is 0. The van der Waals surface area contributed by atoms with Crippen LogP contribution in [0.2, 0.25) is 0 Å². The first kappa shape index (κ1) is 29.7. The first-order valence-electron chi connectivity index (χ1n) is 10.3. The lowest BCUT2D eigenvalue weighted by atomic mass is 10.2. The number of carboxylic acid groups (broad SMARTS) is 2. The molecule has 0 bridgehead atoms. The maximum Gasteiger partial charge on any atom is 0.320 e. The van der Waals surface area contributed by atoms with Gasteiger partial charge in [-0.2, -0.15) is 0 Å². The van der Waals surface area contributed by atoms with E-state index in [1.165, 1.54) is 0 Å². The lowest BCUT2D eigenvalue weighted by Crippen LogP contribution is -2.31. The summed E-state index contributed by atoms with van der Waals surface area (Å²) in [5.41, 5.74) is 5.58. The lowest BCUT2D eigenvalue weighted by Gasteiger charge is -2.10. The minimum absolute atomic E-state index is 0.00866. The minimum Gasteiger partial charge on any atom is -0.481 e. The van der Waals surface area contributed by atoms with Gasteiger partial charge >= 0.3 is 11.9 Å². The summed E-state index contributed by atoms with van der Waals surface area (Å²) in [5.74, 6) is -4.94. The topological polar surface area (TPSA) is 196 Å². The van der Waals surface area contributed by atoms with E-state index < -0.39 is 24.5 Å². The smallest absolute Gasteiger partial charge is 0.320 e. The van der Waals surface area contributed by atoms with Crippen LogP contribution in [0.1, 0.15) is 19.8 Å². The van der Waals surface area contributed by atoms with E-state index in [0.29, 0.717) is 26.0 Å². The molecule has 0 saturated carbocycles. The Morgan fingerprint density at radius 3 is 1.81 bits per heavy atom. The number of carbonyl (C=O) groups is 4. The number of carbonyl (C=O) groups excluding carboxylic acids is 2. The predicted molar refractivity (Wildman–Crippen MR) is 111 cm³/mol. The van der Waals surface area contributed by atoms with E-state index in [4.69, 9.17) is 34.9 Å². The number of aliphatic carboxylic acids is 2. The van der Waals surface area contributed by atoms with Crippen molar-refractivity contribution < 1.29 is 48.3 Å². The van der Waals surface area contributed by atoms with Crippen LogP contribution in [0.15, 0.2) is 0 Å². The molecule has 2 amide bonds. The fourth-order valence-corrected chi connectivity index (χ4v) is 2.08. The summed E-state index contributed by atoms with van der Waals surface area (Å²) < 4.78 is 20.6. The number of ether oxygens (including phenoxy) is 4. The summed E-state index contributed by atoms with van der Waals surface area (Å²) in [6, 6.07) is -0.00866. The van der Waals surface area contributed by atoms with Crippen molar-refractivity contribution in [1.82, 2.24) is 10.6 Å². The van der Waals surface area contributed by atoms with E-state index >= 15 is 0 Å². The first-order chi connectivity index (χ1) is 15.2. The van der Waals surface area contributed by atoms with Gasteiger partial charge in [-0.25, -0.2) is 0 Å². The summed E-state index contributed by atoms with van der Waals surface area (Å²) in [6.07, 6.45) is 1.02. The summed E-state index contributed by atoms with van der Waals surface area (Å²) in [5, 5.41) is 22.6. The first-order valence-corrected chi connectivity index (χ1v) is 10.3. The molecule has 0 spiro atoms. The van der Waals surface area contributed by atoms with Crippen LogP contribution in [0, 0.1) is 5.92 Å². The van der Waals surface area contributed by atoms with Gasteiger partial charge in [-0.3, -0.25) is 19.2 Å². The van der Waals surface area contributed by atoms with Gasteiger partial charge in [0.05, 0.1) is 46.2 Å². The van der Waals surface area contributed by atoms with Gasteiger partial charge in [0.1, 0.15) is 6.61 Å². The monoisotopic (exact) mass is 465 g/mol. The van der Waals surface area contributed by atoms with Crippen molar-refractivity contribution in [3.63, 3.8) is 0 Å². The average Bonchev–Trinajstić information content (AvgIpc) is 2.72. The van der Waals surface area contributed by atoms with Gasteiger partial charge < -0.3 is 45.5 Å². The van der Waals surface area contributed by atoms with E-state index in [0.717, 1.165) is 0 Å². The lowest BCUT2D eigenvalue weighted by molar-refractivity contribution is -0.157. The third-order valence-corrected chi connectivity index (χ3v) is 3.82. The van der Waals surface area contributed by atoms with Crippen LogP contribution < -0.4 is 16.4 Å². The molecule has 13 nitrogen and oxygen atoms in total. The van der Waals surface area contributed by atoms with Gasteiger partial charge in [0.15, 0.2) is 5.92 Å². The van der Waals surface area contributed by atoms with Crippen molar-refractivity contribution in [2.75, 3.05) is 65.9 Å². The fraction of sp³-hybridized carbons (Fsp3) is 0.789. The van der Waals surface area contributed by atoms with Crippen molar-refractivity contribution in [1.29, 1.82) is 0 Å². The molecule has 0 unspecified atom stereocenters. The van der Waals surface area contributed by atoms with Crippen molar-refractivity contribution in [3.05, 3.63) is 0 Å². The second-order valence-electron chi connectivity index (χ2n) is 6.80. The van der Waals surface area contributed by atoms with Gasteiger partial charge in [0.25, 0.3) is 0 Å². The average molecular weight is 466 g/mol. The van der Waals surface area contributed by atoms with Gasteiger partial charge in [-0.15, -0.1) is 0 Å². The predicted octanol–water partition coefficient (Wildman–Crippen LogP) is -1.80. The minimum atomic E-state index is -1.61. The van der Waals surface area contributed by atoms with Crippen molar-refractivity contribution in [2.45, 2.75) is 25.8 Å². The Hall–Kier alpha value is -2.32. The quantitative estimate of drug-likeness (QED) is 0.0947. The molecule has 0 radical (unpaired) electrons. The standard InChI is InChI=1S/C19H35N3O10/c1-14(20)2-3-16(23)21-4-6-29-9-11-32-13-17(24)22-5-7-30-8-10-31-12-15(18(25)26)19(27)28/h14-15H,2-13,20H2,1H3,(H,21,23)(H,22,24)(H,25,26)(H,27,28)/t14-/m0/s1. The van der Waals surface area contributed by atoms with E-state index in [1.54, 1.807) is 0 Å². The Morgan fingerprint density at radius 1 is 0.781 bits per heavy atom. The zero-order valence-electron chi connectivity index (χ0n) is 18.4. The van der Waals surface area contributed by atoms with E-state index in [2.05, 4.69) is 10.6 Å². The molecular formula is C19H35N3O10. The van der Waals surface area contributed by atoms with Crippen LogP contribution >= 0.6 is 0 Å². The number of carboxylic acids is 2. The Labute approximate surface area is 186 Å². The number of hydrogen-bond donors (Lipinski definition) is 5. The van der Waals surface area contributed by atoms with E-state index in [9.17, 15) is 19.2 Å². The highest BCUT2D eigenvalue weighted by atomic mass is 16.5. The number of nitrogens with one attached hydrogen (secondary N) is 2.